The van der Waals surface area contributed by atoms with Gasteiger partial charge >= 0.3 is 0 Å². The van der Waals surface area contributed by atoms with Crippen molar-refractivity contribution in [2.45, 2.75) is 19.4 Å². The van der Waals surface area contributed by atoms with Gasteiger partial charge in [0.1, 0.15) is 0 Å². The molecule has 1 aromatic rings. The first kappa shape index (κ1) is 14.2. The summed E-state index contributed by atoms with van der Waals surface area (Å²) in [6, 6.07) is 5.92. The molecule has 1 unspecified atom stereocenters. The second-order valence-corrected chi connectivity index (χ2v) is 5.52. The van der Waals surface area contributed by atoms with Crippen LogP contribution in [0.4, 0.5) is 0 Å². The Morgan fingerprint density at radius 2 is 2.12 bits per heavy atom. The molecular formula is C12H17Cl2NS. The van der Waals surface area contributed by atoms with Crippen molar-refractivity contribution in [2.75, 3.05) is 18.6 Å². The normalized spacial score (nSPS) is 12.8. The molecular weight excluding hydrogens is 261 g/mol. The van der Waals surface area contributed by atoms with Gasteiger partial charge in [0.25, 0.3) is 0 Å². The van der Waals surface area contributed by atoms with Crippen molar-refractivity contribution >= 4 is 35.0 Å². The van der Waals surface area contributed by atoms with Crippen molar-refractivity contribution < 1.29 is 0 Å². The maximum Gasteiger partial charge on any atom is 0.0468 e. The third-order valence-corrected chi connectivity index (χ3v) is 3.66. The van der Waals surface area contributed by atoms with E-state index in [4.69, 9.17) is 23.2 Å². The zero-order chi connectivity index (χ0) is 12.0. The van der Waals surface area contributed by atoms with Crippen molar-refractivity contribution in [2.24, 2.45) is 0 Å². The zero-order valence-corrected chi connectivity index (χ0v) is 11.9. The van der Waals surface area contributed by atoms with Gasteiger partial charge < -0.3 is 5.32 Å². The Morgan fingerprint density at radius 1 is 1.38 bits per heavy atom. The predicted molar refractivity (Wildman–Crippen MR) is 75.9 cm³/mol. The van der Waals surface area contributed by atoms with Crippen LogP contribution in [0.2, 0.25) is 10.0 Å². The Hall–Kier alpha value is 0.110. The number of nitrogens with one attached hydrogen (secondary N) is 1. The molecule has 1 atom stereocenters. The summed E-state index contributed by atoms with van der Waals surface area (Å²) in [6.45, 7) is 3.13. The quantitative estimate of drug-likeness (QED) is 0.774. The highest BCUT2D eigenvalue weighted by Gasteiger charge is 2.08. The number of hydrogen-bond acceptors (Lipinski definition) is 2. The summed E-state index contributed by atoms with van der Waals surface area (Å²) in [5.74, 6) is 1.19. The first-order valence-corrected chi connectivity index (χ1v) is 7.47. The number of benzene rings is 1. The Labute approximate surface area is 112 Å². The van der Waals surface area contributed by atoms with Crippen LogP contribution in [0, 0.1) is 0 Å². The van der Waals surface area contributed by atoms with Gasteiger partial charge in [-0.1, -0.05) is 29.3 Å². The minimum Gasteiger partial charge on any atom is -0.310 e. The van der Waals surface area contributed by atoms with Gasteiger partial charge in [0.2, 0.25) is 0 Å². The Morgan fingerprint density at radius 3 is 2.75 bits per heavy atom. The zero-order valence-electron chi connectivity index (χ0n) is 9.59. The summed E-state index contributed by atoms with van der Waals surface area (Å²) in [6.07, 6.45) is 3.30. The lowest BCUT2D eigenvalue weighted by atomic mass is 10.1. The highest BCUT2D eigenvalue weighted by atomic mass is 35.5. The molecule has 1 rings (SSSR count). The third-order valence-electron chi connectivity index (χ3n) is 2.40. The average molecular weight is 278 g/mol. The van der Waals surface area contributed by atoms with Crippen LogP contribution in [0.5, 0.6) is 0 Å². The molecule has 1 nitrogen and oxygen atoms in total. The summed E-state index contributed by atoms with van der Waals surface area (Å²) in [5, 5.41) is 4.87. The van der Waals surface area contributed by atoms with E-state index in [2.05, 4.69) is 18.5 Å². The van der Waals surface area contributed by atoms with E-state index >= 15 is 0 Å². The molecule has 0 amide bonds. The largest absolute Gasteiger partial charge is 0.310 e. The van der Waals surface area contributed by atoms with Crippen LogP contribution in [-0.4, -0.2) is 18.6 Å². The molecule has 0 heterocycles. The highest BCUT2D eigenvalue weighted by Crippen LogP contribution is 2.25. The molecule has 90 valence electrons. The molecule has 1 aromatic carbocycles. The molecule has 0 saturated heterocycles. The van der Waals surface area contributed by atoms with E-state index in [9.17, 15) is 0 Å². The fourth-order valence-corrected chi connectivity index (χ4v) is 2.50. The van der Waals surface area contributed by atoms with Crippen LogP contribution in [0.15, 0.2) is 18.2 Å². The molecule has 0 saturated carbocycles. The maximum atomic E-state index is 6.14. The SMILES string of the molecule is CSCCCNC(C)c1ccc(Cl)cc1Cl. The molecule has 4 heteroatoms. The van der Waals surface area contributed by atoms with Crippen molar-refractivity contribution in [1.29, 1.82) is 0 Å². The highest BCUT2D eigenvalue weighted by molar-refractivity contribution is 7.98. The predicted octanol–water partition coefficient (Wildman–Crippen LogP) is 4.40. The van der Waals surface area contributed by atoms with Gasteiger partial charge in [-0.25, -0.2) is 0 Å². The van der Waals surface area contributed by atoms with Gasteiger partial charge in [-0.2, -0.15) is 11.8 Å². The van der Waals surface area contributed by atoms with Crippen LogP contribution >= 0.6 is 35.0 Å². The first-order valence-electron chi connectivity index (χ1n) is 5.32. The molecule has 1 N–H and O–H groups in total. The van der Waals surface area contributed by atoms with Crippen molar-refractivity contribution in [3.63, 3.8) is 0 Å². The molecule has 0 radical (unpaired) electrons. The summed E-state index contributed by atoms with van der Waals surface area (Å²) >= 11 is 13.9. The van der Waals surface area contributed by atoms with E-state index in [1.807, 2.05) is 23.9 Å². The number of halogens is 2. The molecule has 0 aliphatic heterocycles. The fraction of sp³-hybridized carbons (Fsp3) is 0.500. The van der Waals surface area contributed by atoms with Gasteiger partial charge in [-0.3, -0.25) is 0 Å². The van der Waals surface area contributed by atoms with E-state index < -0.39 is 0 Å². The van der Waals surface area contributed by atoms with Crippen molar-refractivity contribution in [3.8, 4) is 0 Å². The van der Waals surface area contributed by atoms with Gasteiger partial charge in [-0.15, -0.1) is 0 Å². The molecule has 0 aromatic heterocycles. The standard InChI is InChI=1S/C12H17Cl2NS/c1-9(15-6-3-7-16-2)11-5-4-10(13)8-12(11)14/h4-5,8-9,15H,3,6-7H2,1-2H3. The van der Waals surface area contributed by atoms with Crippen molar-refractivity contribution in [3.05, 3.63) is 33.8 Å². The lowest BCUT2D eigenvalue weighted by Gasteiger charge is -2.15. The lowest BCUT2D eigenvalue weighted by molar-refractivity contribution is 0.573. The Kier molecular flexibility index (Phi) is 6.59. The second kappa shape index (κ2) is 7.44. The molecule has 0 fully saturated rings. The Bertz CT molecular complexity index is 331. The molecule has 0 aliphatic carbocycles. The van der Waals surface area contributed by atoms with Crippen LogP contribution in [0.25, 0.3) is 0 Å². The van der Waals surface area contributed by atoms with Crippen LogP contribution in [-0.2, 0) is 0 Å². The van der Waals surface area contributed by atoms with Crippen LogP contribution < -0.4 is 5.32 Å². The fourth-order valence-electron chi connectivity index (χ4n) is 1.50. The van der Waals surface area contributed by atoms with Gasteiger partial charge in [-0.05, 0) is 49.6 Å². The lowest BCUT2D eigenvalue weighted by Crippen LogP contribution is -2.20. The minimum absolute atomic E-state index is 0.270. The van der Waals surface area contributed by atoms with E-state index in [1.54, 1.807) is 6.07 Å². The third kappa shape index (κ3) is 4.54. The van der Waals surface area contributed by atoms with Crippen LogP contribution in [0.3, 0.4) is 0 Å². The van der Waals surface area contributed by atoms with Gasteiger partial charge in [0.05, 0.1) is 0 Å². The molecule has 0 bridgehead atoms. The summed E-state index contributed by atoms with van der Waals surface area (Å²) in [5.41, 5.74) is 1.11. The number of rotatable bonds is 6. The second-order valence-electron chi connectivity index (χ2n) is 3.69. The van der Waals surface area contributed by atoms with E-state index in [0.29, 0.717) is 5.02 Å². The molecule has 16 heavy (non-hydrogen) atoms. The van der Waals surface area contributed by atoms with Gasteiger partial charge in [0.15, 0.2) is 0 Å². The van der Waals surface area contributed by atoms with E-state index in [1.165, 1.54) is 12.2 Å². The smallest absolute Gasteiger partial charge is 0.0468 e. The summed E-state index contributed by atoms with van der Waals surface area (Å²) < 4.78 is 0. The van der Waals surface area contributed by atoms with Crippen LogP contribution in [0.1, 0.15) is 24.9 Å². The maximum absolute atomic E-state index is 6.14. The van der Waals surface area contributed by atoms with Crippen molar-refractivity contribution in [1.82, 2.24) is 5.32 Å². The monoisotopic (exact) mass is 277 g/mol. The topological polar surface area (TPSA) is 12.0 Å². The first-order chi connectivity index (χ1) is 7.65. The number of thioether (sulfide) groups is 1. The summed E-state index contributed by atoms with van der Waals surface area (Å²) in [7, 11) is 0. The minimum atomic E-state index is 0.270. The molecule has 0 aliphatic rings. The van der Waals surface area contributed by atoms with E-state index in [0.717, 1.165) is 17.1 Å². The number of hydrogen-bond donors (Lipinski definition) is 1. The Balaban J connectivity index is 2.49. The van der Waals surface area contributed by atoms with Gasteiger partial charge in [0, 0.05) is 16.1 Å². The summed E-state index contributed by atoms with van der Waals surface area (Å²) in [4.78, 5) is 0. The van der Waals surface area contributed by atoms with E-state index in [-0.39, 0.29) is 6.04 Å². The average Bonchev–Trinajstić information content (AvgIpc) is 2.24. The molecule has 0 spiro atoms.